The predicted octanol–water partition coefficient (Wildman–Crippen LogP) is 0.671. The van der Waals surface area contributed by atoms with E-state index in [9.17, 15) is 9.59 Å². The van der Waals surface area contributed by atoms with Crippen molar-refractivity contribution in [1.29, 1.82) is 0 Å². The fourth-order valence-electron chi connectivity index (χ4n) is 0.935. The lowest BCUT2D eigenvalue weighted by Gasteiger charge is -1.96. The highest BCUT2D eigenvalue weighted by Gasteiger charge is 2.15. The first-order valence-corrected chi connectivity index (χ1v) is 4.05. The summed E-state index contributed by atoms with van der Waals surface area (Å²) >= 11 is 3.55. The van der Waals surface area contributed by atoms with Crippen molar-refractivity contribution in [2.45, 2.75) is 13.5 Å². The number of carbonyl (C=O) groups is 2. The first-order chi connectivity index (χ1) is 6.06. The van der Waals surface area contributed by atoms with Gasteiger partial charge in [-0.1, -0.05) is 12.6 Å². The van der Waals surface area contributed by atoms with Gasteiger partial charge in [0, 0.05) is 12.6 Å². The number of rotatable bonds is 3. The molecule has 6 heteroatoms. The van der Waals surface area contributed by atoms with Gasteiger partial charge >= 0.3 is 5.97 Å². The van der Waals surface area contributed by atoms with Crippen molar-refractivity contribution in [2.75, 3.05) is 0 Å². The van der Waals surface area contributed by atoms with E-state index in [0.29, 0.717) is 6.54 Å². The number of carboxylic acids is 1. The van der Waals surface area contributed by atoms with E-state index < -0.39 is 11.1 Å². The lowest BCUT2D eigenvalue weighted by molar-refractivity contribution is 0.0683. The van der Waals surface area contributed by atoms with E-state index in [4.69, 9.17) is 5.11 Å². The molecule has 0 amide bonds. The van der Waals surface area contributed by atoms with E-state index >= 15 is 0 Å². The van der Waals surface area contributed by atoms with Crippen LogP contribution in [-0.2, 0) is 6.54 Å². The van der Waals surface area contributed by atoms with E-state index in [2.05, 4.69) is 17.7 Å². The van der Waals surface area contributed by atoms with Gasteiger partial charge < -0.3 is 5.11 Å². The molecule has 1 rings (SSSR count). The smallest absolute Gasteiger partial charge is 0.354 e. The molecule has 0 fully saturated rings. The summed E-state index contributed by atoms with van der Waals surface area (Å²) in [6.45, 7) is 2.15. The van der Waals surface area contributed by atoms with E-state index in [0.717, 1.165) is 0 Å². The Balaban J connectivity index is 3.19. The van der Waals surface area contributed by atoms with Gasteiger partial charge in [-0.2, -0.15) is 5.10 Å². The maximum Gasteiger partial charge on any atom is 0.354 e. The van der Waals surface area contributed by atoms with Crippen LogP contribution in [0.1, 0.15) is 27.9 Å². The molecule has 0 saturated heterocycles. The molecular formula is C7H8N2O3S. The fraction of sp³-hybridized carbons (Fsp3) is 0.286. The SMILES string of the molecule is CCn1nc(C(=O)S)cc1C(=O)O. The van der Waals surface area contributed by atoms with Gasteiger partial charge in [-0.3, -0.25) is 9.48 Å². The van der Waals surface area contributed by atoms with E-state index in [-0.39, 0.29) is 11.4 Å². The van der Waals surface area contributed by atoms with Crippen molar-refractivity contribution < 1.29 is 14.7 Å². The Kier molecular flexibility index (Phi) is 2.72. The Labute approximate surface area is 79.8 Å². The van der Waals surface area contributed by atoms with Crippen molar-refractivity contribution >= 4 is 23.7 Å². The van der Waals surface area contributed by atoms with Crippen LogP contribution in [0.5, 0.6) is 0 Å². The normalized spacial score (nSPS) is 10.0. The summed E-state index contributed by atoms with van der Waals surface area (Å²) in [5, 5.41) is 11.9. The maximum absolute atomic E-state index is 10.7. The number of hydrogen-bond acceptors (Lipinski definition) is 3. The minimum atomic E-state index is -1.10. The molecular weight excluding hydrogens is 192 g/mol. The maximum atomic E-state index is 10.7. The number of carboxylic acid groups (broad SMARTS) is 1. The van der Waals surface area contributed by atoms with Crippen LogP contribution in [0.15, 0.2) is 6.07 Å². The molecule has 0 saturated carbocycles. The molecule has 1 heterocycles. The lowest BCUT2D eigenvalue weighted by Crippen LogP contribution is -2.08. The van der Waals surface area contributed by atoms with Gasteiger partial charge in [0.15, 0.2) is 0 Å². The first kappa shape index (κ1) is 9.79. The topological polar surface area (TPSA) is 72.2 Å². The van der Waals surface area contributed by atoms with Gasteiger partial charge in [0.2, 0.25) is 5.12 Å². The largest absolute Gasteiger partial charge is 0.477 e. The zero-order valence-corrected chi connectivity index (χ0v) is 7.78. The molecule has 0 radical (unpaired) electrons. The third kappa shape index (κ3) is 1.89. The Morgan fingerprint density at radius 3 is 2.62 bits per heavy atom. The van der Waals surface area contributed by atoms with Crippen LogP contribution in [0, 0.1) is 0 Å². The average Bonchev–Trinajstić information content (AvgIpc) is 2.47. The Hall–Kier alpha value is -1.30. The number of thiol groups is 1. The van der Waals surface area contributed by atoms with Crippen LogP contribution < -0.4 is 0 Å². The molecule has 0 atom stereocenters. The number of aromatic carboxylic acids is 1. The average molecular weight is 200 g/mol. The number of hydrogen-bond donors (Lipinski definition) is 2. The van der Waals surface area contributed by atoms with Gasteiger partial charge in [0.05, 0.1) is 0 Å². The van der Waals surface area contributed by atoms with Gasteiger partial charge in [0.25, 0.3) is 0 Å². The fourth-order valence-corrected chi connectivity index (χ4v) is 1.04. The zero-order chi connectivity index (χ0) is 10.0. The van der Waals surface area contributed by atoms with E-state index in [1.54, 1.807) is 6.92 Å². The summed E-state index contributed by atoms with van der Waals surface area (Å²) in [5.41, 5.74) is 0.0579. The van der Waals surface area contributed by atoms with Gasteiger partial charge in [0.1, 0.15) is 11.4 Å². The molecule has 0 aromatic carbocycles. The summed E-state index contributed by atoms with van der Waals surface area (Å²) < 4.78 is 1.24. The van der Waals surface area contributed by atoms with E-state index in [1.807, 2.05) is 0 Å². The summed E-state index contributed by atoms with van der Waals surface area (Å²) in [6, 6.07) is 1.21. The highest BCUT2D eigenvalue weighted by molar-refractivity contribution is 7.97. The molecule has 0 unspecified atom stereocenters. The van der Waals surface area contributed by atoms with Crippen molar-refractivity contribution in [1.82, 2.24) is 9.78 Å². The van der Waals surface area contributed by atoms with Crippen LogP contribution in [0.3, 0.4) is 0 Å². The van der Waals surface area contributed by atoms with Crippen LogP contribution in [0.2, 0.25) is 0 Å². The molecule has 1 aromatic rings. The number of carbonyl (C=O) groups excluding carboxylic acids is 1. The second-order valence-corrected chi connectivity index (χ2v) is 2.75. The first-order valence-electron chi connectivity index (χ1n) is 3.60. The Morgan fingerprint density at radius 1 is 1.69 bits per heavy atom. The van der Waals surface area contributed by atoms with Gasteiger partial charge in [-0.25, -0.2) is 4.79 Å². The second-order valence-electron chi connectivity index (χ2n) is 2.34. The minimum absolute atomic E-state index is 0.0000926. The third-order valence-corrected chi connectivity index (χ3v) is 1.75. The molecule has 0 spiro atoms. The third-order valence-electron chi connectivity index (χ3n) is 1.52. The molecule has 0 aliphatic heterocycles. The summed E-state index contributed by atoms with van der Waals surface area (Å²) in [4.78, 5) is 21.4. The van der Waals surface area contributed by atoms with Crippen molar-refractivity contribution in [3.8, 4) is 0 Å². The minimum Gasteiger partial charge on any atom is -0.477 e. The van der Waals surface area contributed by atoms with Crippen LogP contribution in [0.25, 0.3) is 0 Å². The number of aromatic nitrogens is 2. The van der Waals surface area contributed by atoms with Crippen LogP contribution in [-0.4, -0.2) is 26.0 Å². The van der Waals surface area contributed by atoms with Crippen molar-refractivity contribution in [2.24, 2.45) is 0 Å². The molecule has 70 valence electrons. The molecule has 0 aliphatic carbocycles. The van der Waals surface area contributed by atoms with Crippen LogP contribution >= 0.6 is 12.6 Å². The van der Waals surface area contributed by atoms with Crippen molar-refractivity contribution in [3.05, 3.63) is 17.5 Å². The lowest BCUT2D eigenvalue weighted by atomic mass is 10.3. The Morgan fingerprint density at radius 2 is 2.31 bits per heavy atom. The van der Waals surface area contributed by atoms with Gasteiger partial charge in [-0.05, 0) is 6.92 Å². The van der Waals surface area contributed by atoms with Crippen LogP contribution in [0.4, 0.5) is 0 Å². The number of aryl methyl sites for hydroxylation is 1. The molecule has 1 N–H and O–H groups in total. The zero-order valence-electron chi connectivity index (χ0n) is 6.89. The quantitative estimate of drug-likeness (QED) is 0.703. The molecule has 1 aromatic heterocycles. The highest BCUT2D eigenvalue weighted by atomic mass is 32.1. The van der Waals surface area contributed by atoms with Gasteiger partial charge in [-0.15, -0.1) is 0 Å². The summed E-state index contributed by atoms with van der Waals surface area (Å²) in [7, 11) is 0. The standard InChI is InChI=1S/C7H8N2O3S/c1-2-9-5(6(10)11)3-4(8-9)7(12)13/h3H,2H2,1H3,(H,10,11)(H,12,13). The molecule has 0 bridgehead atoms. The van der Waals surface area contributed by atoms with E-state index in [1.165, 1.54) is 10.7 Å². The molecule has 13 heavy (non-hydrogen) atoms. The monoisotopic (exact) mass is 200 g/mol. The molecule has 0 aliphatic rings. The summed E-state index contributed by atoms with van der Waals surface area (Å²) in [5.74, 6) is -1.10. The summed E-state index contributed by atoms with van der Waals surface area (Å²) in [6.07, 6.45) is 0. The predicted molar refractivity (Wildman–Crippen MR) is 48.2 cm³/mol. The molecule has 5 nitrogen and oxygen atoms in total. The Bertz CT molecular complexity index is 359. The highest BCUT2D eigenvalue weighted by Crippen LogP contribution is 2.06. The number of nitrogens with zero attached hydrogens (tertiary/aromatic N) is 2. The second kappa shape index (κ2) is 3.61. The van der Waals surface area contributed by atoms with Crippen molar-refractivity contribution in [3.63, 3.8) is 0 Å².